The van der Waals surface area contributed by atoms with E-state index in [9.17, 15) is 14.3 Å². The molecule has 3 atom stereocenters. The molecular formula is C17H17FN2O3. The minimum absolute atomic E-state index is 0.312. The number of hydrogen-bond acceptors (Lipinski definition) is 4. The van der Waals surface area contributed by atoms with E-state index in [1.807, 2.05) is 0 Å². The molecule has 2 heterocycles. The standard InChI is InChI=1S/C17H17FN2O3/c1-10-17(2,22)15(13-9-19-8-7-14(13)23-10)20-16(21)11-3-5-12(18)6-4-11/h3-10,15,22H,1-2H3,(H,20,21). The van der Waals surface area contributed by atoms with Crippen LogP contribution < -0.4 is 10.1 Å². The topological polar surface area (TPSA) is 71.5 Å². The third-order valence-corrected chi connectivity index (χ3v) is 4.21. The van der Waals surface area contributed by atoms with E-state index in [0.717, 1.165) is 0 Å². The fourth-order valence-electron chi connectivity index (χ4n) is 2.62. The summed E-state index contributed by atoms with van der Waals surface area (Å²) in [7, 11) is 0. The van der Waals surface area contributed by atoms with Crippen LogP contribution in [0.4, 0.5) is 4.39 Å². The van der Waals surface area contributed by atoms with E-state index in [2.05, 4.69) is 10.3 Å². The second-order valence-corrected chi connectivity index (χ2v) is 5.81. The summed E-state index contributed by atoms with van der Waals surface area (Å²) in [4.78, 5) is 16.5. The highest BCUT2D eigenvalue weighted by Crippen LogP contribution is 2.40. The van der Waals surface area contributed by atoms with Crippen LogP contribution in [-0.4, -0.2) is 27.7 Å². The van der Waals surface area contributed by atoms with Crippen molar-refractivity contribution in [3.05, 3.63) is 59.7 Å². The maximum Gasteiger partial charge on any atom is 0.251 e. The van der Waals surface area contributed by atoms with Crippen LogP contribution in [-0.2, 0) is 0 Å². The number of pyridine rings is 1. The lowest BCUT2D eigenvalue weighted by molar-refractivity contribution is -0.0793. The summed E-state index contributed by atoms with van der Waals surface area (Å²) in [6, 6.07) is 6.23. The van der Waals surface area contributed by atoms with Gasteiger partial charge in [-0.1, -0.05) is 0 Å². The van der Waals surface area contributed by atoms with Crippen molar-refractivity contribution in [2.24, 2.45) is 0 Å². The average molecular weight is 316 g/mol. The number of halogens is 1. The number of benzene rings is 1. The number of nitrogens with one attached hydrogen (secondary N) is 1. The summed E-state index contributed by atoms with van der Waals surface area (Å²) in [6.07, 6.45) is 2.63. The Morgan fingerprint density at radius 2 is 2.04 bits per heavy atom. The van der Waals surface area contributed by atoms with Crippen molar-refractivity contribution < 1.29 is 19.0 Å². The SMILES string of the molecule is CC1Oc2ccncc2C(NC(=O)c2ccc(F)cc2)C1(C)O. The van der Waals surface area contributed by atoms with Crippen LogP contribution in [0, 0.1) is 5.82 Å². The Morgan fingerprint density at radius 3 is 2.74 bits per heavy atom. The minimum atomic E-state index is -1.31. The van der Waals surface area contributed by atoms with Crippen LogP contribution in [0.3, 0.4) is 0 Å². The van der Waals surface area contributed by atoms with E-state index < -0.39 is 29.5 Å². The Kier molecular flexibility index (Phi) is 3.77. The van der Waals surface area contributed by atoms with E-state index in [0.29, 0.717) is 16.9 Å². The molecule has 0 aliphatic carbocycles. The number of aromatic nitrogens is 1. The summed E-state index contributed by atoms with van der Waals surface area (Å²) in [5.74, 6) is -0.245. The number of aliphatic hydroxyl groups is 1. The van der Waals surface area contributed by atoms with Crippen LogP contribution in [0.2, 0.25) is 0 Å². The lowest BCUT2D eigenvalue weighted by Crippen LogP contribution is -2.55. The molecule has 0 bridgehead atoms. The molecule has 3 unspecified atom stereocenters. The zero-order valence-electron chi connectivity index (χ0n) is 12.8. The summed E-state index contributed by atoms with van der Waals surface area (Å²) >= 11 is 0. The number of carbonyl (C=O) groups excluding carboxylic acids is 1. The van der Waals surface area contributed by atoms with Gasteiger partial charge in [-0.25, -0.2) is 4.39 Å². The number of hydrogen-bond donors (Lipinski definition) is 2. The average Bonchev–Trinajstić information content (AvgIpc) is 2.52. The first-order valence-electron chi connectivity index (χ1n) is 7.29. The first kappa shape index (κ1) is 15.4. The zero-order valence-corrected chi connectivity index (χ0v) is 12.8. The van der Waals surface area contributed by atoms with Gasteiger partial charge in [0, 0.05) is 23.5 Å². The Hall–Kier alpha value is -2.47. The molecule has 2 N–H and O–H groups in total. The van der Waals surface area contributed by atoms with Gasteiger partial charge >= 0.3 is 0 Å². The van der Waals surface area contributed by atoms with Gasteiger partial charge in [0.15, 0.2) is 0 Å². The van der Waals surface area contributed by atoms with Gasteiger partial charge in [0.25, 0.3) is 5.91 Å². The van der Waals surface area contributed by atoms with Crippen molar-refractivity contribution >= 4 is 5.91 Å². The fraction of sp³-hybridized carbons (Fsp3) is 0.294. The lowest BCUT2D eigenvalue weighted by Gasteiger charge is -2.42. The summed E-state index contributed by atoms with van der Waals surface area (Å²) in [5.41, 5.74) is -0.399. The molecule has 6 heteroatoms. The molecule has 5 nitrogen and oxygen atoms in total. The third-order valence-electron chi connectivity index (χ3n) is 4.21. The highest BCUT2D eigenvalue weighted by molar-refractivity contribution is 5.94. The largest absolute Gasteiger partial charge is 0.487 e. The molecule has 120 valence electrons. The molecule has 1 aliphatic rings. The van der Waals surface area contributed by atoms with Crippen molar-refractivity contribution in [2.45, 2.75) is 31.6 Å². The zero-order chi connectivity index (χ0) is 16.6. The number of nitrogens with zero attached hydrogens (tertiary/aromatic N) is 1. The Balaban J connectivity index is 1.93. The van der Waals surface area contributed by atoms with Crippen molar-refractivity contribution in [3.8, 4) is 5.75 Å². The molecule has 0 saturated heterocycles. The van der Waals surface area contributed by atoms with Crippen molar-refractivity contribution in [1.29, 1.82) is 0 Å². The summed E-state index contributed by atoms with van der Waals surface area (Å²) in [6.45, 7) is 3.34. The van der Waals surface area contributed by atoms with Crippen LogP contribution in [0.5, 0.6) is 5.75 Å². The molecule has 1 aromatic carbocycles. The van der Waals surface area contributed by atoms with E-state index in [4.69, 9.17) is 4.74 Å². The molecule has 1 aliphatic heterocycles. The lowest BCUT2D eigenvalue weighted by atomic mass is 9.83. The third kappa shape index (κ3) is 2.77. The number of ether oxygens (including phenoxy) is 1. The maximum atomic E-state index is 13.0. The molecule has 1 amide bonds. The molecular weight excluding hydrogens is 299 g/mol. The predicted molar refractivity (Wildman–Crippen MR) is 81.6 cm³/mol. The van der Waals surface area contributed by atoms with Gasteiger partial charge in [0.05, 0.1) is 6.04 Å². The van der Waals surface area contributed by atoms with E-state index >= 15 is 0 Å². The number of rotatable bonds is 2. The Labute approximate surface area is 133 Å². The van der Waals surface area contributed by atoms with E-state index in [-0.39, 0.29) is 0 Å². The Morgan fingerprint density at radius 1 is 1.35 bits per heavy atom. The molecule has 0 saturated carbocycles. The van der Waals surface area contributed by atoms with Crippen LogP contribution in [0.15, 0.2) is 42.7 Å². The monoisotopic (exact) mass is 316 g/mol. The predicted octanol–water partition coefficient (Wildman–Crippen LogP) is 2.22. The molecule has 0 fully saturated rings. The summed E-state index contributed by atoms with van der Waals surface area (Å²) in [5, 5.41) is 13.6. The van der Waals surface area contributed by atoms with Gasteiger partial charge in [-0.15, -0.1) is 0 Å². The molecule has 0 radical (unpaired) electrons. The van der Waals surface area contributed by atoms with Gasteiger partial charge in [0.2, 0.25) is 0 Å². The van der Waals surface area contributed by atoms with Crippen molar-refractivity contribution in [3.63, 3.8) is 0 Å². The smallest absolute Gasteiger partial charge is 0.251 e. The Bertz CT molecular complexity index is 731. The highest BCUT2D eigenvalue weighted by Gasteiger charge is 2.46. The second-order valence-electron chi connectivity index (χ2n) is 5.81. The second kappa shape index (κ2) is 5.62. The van der Waals surface area contributed by atoms with E-state index in [1.54, 1.807) is 32.3 Å². The summed E-state index contributed by atoms with van der Waals surface area (Å²) < 4.78 is 18.7. The minimum Gasteiger partial charge on any atom is -0.487 e. The quantitative estimate of drug-likeness (QED) is 0.891. The molecule has 3 rings (SSSR count). The first-order valence-corrected chi connectivity index (χ1v) is 7.29. The first-order chi connectivity index (χ1) is 10.9. The van der Waals surface area contributed by atoms with Crippen molar-refractivity contribution in [2.75, 3.05) is 0 Å². The van der Waals surface area contributed by atoms with Crippen LogP contribution >= 0.6 is 0 Å². The van der Waals surface area contributed by atoms with Gasteiger partial charge < -0.3 is 15.2 Å². The van der Waals surface area contributed by atoms with Crippen molar-refractivity contribution in [1.82, 2.24) is 10.3 Å². The number of fused-ring (bicyclic) bond motifs is 1. The van der Waals surface area contributed by atoms with Crippen LogP contribution in [0.1, 0.15) is 35.8 Å². The molecule has 23 heavy (non-hydrogen) atoms. The van der Waals surface area contributed by atoms with Gasteiger partial charge in [-0.2, -0.15) is 0 Å². The maximum absolute atomic E-state index is 13.0. The highest BCUT2D eigenvalue weighted by atomic mass is 19.1. The molecule has 0 spiro atoms. The van der Waals surface area contributed by atoms with Gasteiger partial charge in [0.1, 0.15) is 23.3 Å². The number of amides is 1. The molecule has 1 aromatic heterocycles. The van der Waals surface area contributed by atoms with Crippen LogP contribution in [0.25, 0.3) is 0 Å². The molecule has 2 aromatic rings. The fourth-order valence-corrected chi connectivity index (χ4v) is 2.62. The normalized spacial score (nSPS) is 26.1. The number of carbonyl (C=O) groups is 1. The van der Waals surface area contributed by atoms with Gasteiger partial charge in [-0.05, 0) is 44.2 Å². The van der Waals surface area contributed by atoms with Gasteiger partial charge in [-0.3, -0.25) is 9.78 Å². The van der Waals surface area contributed by atoms with E-state index in [1.165, 1.54) is 24.3 Å².